The Labute approximate surface area is 109 Å². The molecule has 3 unspecified atom stereocenters. The molecule has 0 spiro atoms. The topological polar surface area (TPSA) is 41.1 Å². The summed E-state index contributed by atoms with van der Waals surface area (Å²) in [5.74, 6) is 1.55. The van der Waals surface area contributed by atoms with Crippen molar-refractivity contribution in [3.8, 4) is 0 Å². The van der Waals surface area contributed by atoms with Crippen LogP contribution in [0.1, 0.15) is 32.5 Å². The van der Waals surface area contributed by atoms with Crippen molar-refractivity contribution in [3.05, 3.63) is 24.3 Å². The average molecular weight is 246 g/mol. The highest BCUT2D eigenvalue weighted by atomic mass is 15.3. The molecule has 4 nitrogen and oxygen atoms in total. The van der Waals surface area contributed by atoms with Crippen molar-refractivity contribution in [1.29, 1.82) is 0 Å². The summed E-state index contributed by atoms with van der Waals surface area (Å²) in [5.41, 5.74) is 1.32. The van der Waals surface area contributed by atoms with E-state index in [4.69, 9.17) is 0 Å². The smallest absolute Gasteiger partial charge is 0.0755 e. The lowest BCUT2D eigenvalue weighted by molar-refractivity contribution is 0.0948. The molecule has 0 aliphatic carbocycles. The van der Waals surface area contributed by atoms with Crippen LogP contribution in [0, 0.1) is 11.8 Å². The summed E-state index contributed by atoms with van der Waals surface area (Å²) in [6.07, 6.45) is 5.42. The molecule has 2 fully saturated rings. The molecular weight excluding hydrogens is 224 g/mol. The van der Waals surface area contributed by atoms with Gasteiger partial charge in [0.1, 0.15) is 0 Å². The quantitative estimate of drug-likeness (QED) is 0.858. The van der Waals surface area contributed by atoms with Crippen LogP contribution in [0.3, 0.4) is 0 Å². The van der Waals surface area contributed by atoms with Crippen LogP contribution in [-0.2, 0) is 0 Å². The highest BCUT2D eigenvalue weighted by Crippen LogP contribution is 2.44. The molecule has 98 valence electrons. The van der Waals surface area contributed by atoms with Crippen molar-refractivity contribution < 1.29 is 0 Å². The molecule has 0 aromatic carbocycles. The molecule has 4 heteroatoms. The van der Waals surface area contributed by atoms with E-state index in [9.17, 15) is 0 Å². The monoisotopic (exact) mass is 246 g/mol. The van der Waals surface area contributed by atoms with Crippen molar-refractivity contribution in [2.75, 3.05) is 19.6 Å². The Balaban J connectivity index is 1.85. The minimum Gasteiger partial charge on any atom is -0.316 e. The van der Waals surface area contributed by atoms with E-state index in [1.807, 2.05) is 6.20 Å². The molecule has 2 aliphatic heterocycles. The zero-order chi connectivity index (χ0) is 12.8. The Hall–Kier alpha value is -1.00. The minimum atomic E-state index is 0.241. The van der Waals surface area contributed by atoms with E-state index in [1.54, 1.807) is 12.4 Å². The lowest BCUT2D eigenvalue weighted by atomic mass is 9.84. The van der Waals surface area contributed by atoms with Crippen LogP contribution in [-0.4, -0.2) is 40.0 Å². The maximum absolute atomic E-state index is 4.46. The second-order valence-electron chi connectivity index (χ2n) is 6.14. The van der Waals surface area contributed by atoms with Gasteiger partial charge >= 0.3 is 0 Å². The van der Waals surface area contributed by atoms with Crippen LogP contribution in [0.15, 0.2) is 18.6 Å². The first-order valence-corrected chi connectivity index (χ1v) is 6.84. The summed E-state index contributed by atoms with van der Waals surface area (Å²) in [7, 11) is 0. The molecule has 2 saturated heterocycles. The summed E-state index contributed by atoms with van der Waals surface area (Å²) < 4.78 is 0. The molecular formula is C14H22N4. The number of likely N-dealkylation sites (tertiary alicyclic amines) is 1. The van der Waals surface area contributed by atoms with Crippen LogP contribution in [0.4, 0.5) is 0 Å². The van der Waals surface area contributed by atoms with E-state index in [0.29, 0.717) is 6.04 Å². The predicted molar refractivity (Wildman–Crippen MR) is 71.1 cm³/mol. The molecule has 3 rings (SSSR count). The van der Waals surface area contributed by atoms with Gasteiger partial charge in [0.15, 0.2) is 0 Å². The van der Waals surface area contributed by atoms with Gasteiger partial charge in [-0.2, -0.15) is 0 Å². The van der Waals surface area contributed by atoms with Crippen molar-refractivity contribution in [2.45, 2.75) is 32.4 Å². The van der Waals surface area contributed by atoms with Gasteiger partial charge in [0.2, 0.25) is 0 Å². The van der Waals surface area contributed by atoms with Gasteiger partial charge in [-0.1, -0.05) is 0 Å². The molecule has 3 heterocycles. The fourth-order valence-electron chi connectivity index (χ4n) is 3.80. The Morgan fingerprint density at radius 2 is 2.22 bits per heavy atom. The van der Waals surface area contributed by atoms with E-state index in [1.165, 1.54) is 6.54 Å². The average Bonchev–Trinajstić information content (AvgIpc) is 2.92. The number of nitrogens with zero attached hydrogens (tertiary/aromatic N) is 3. The molecule has 0 bridgehead atoms. The van der Waals surface area contributed by atoms with Gasteiger partial charge in [-0.25, -0.2) is 0 Å². The number of aromatic nitrogens is 2. The van der Waals surface area contributed by atoms with E-state index < -0.39 is 0 Å². The summed E-state index contributed by atoms with van der Waals surface area (Å²) >= 11 is 0. The van der Waals surface area contributed by atoms with E-state index in [0.717, 1.165) is 30.6 Å². The van der Waals surface area contributed by atoms with Crippen LogP contribution in [0.25, 0.3) is 0 Å². The van der Waals surface area contributed by atoms with Gasteiger partial charge < -0.3 is 5.32 Å². The van der Waals surface area contributed by atoms with Gasteiger partial charge in [0.25, 0.3) is 0 Å². The van der Waals surface area contributed by atoms with Crippen molar-refractivity contribution in [1.82, 2.24) is 20.2 Å². The number of rotatable bonds is 2. The predicted octanol–water partition coefficient (Wildman–Crippen LogP) is 1.47. The van der Waals surface area contributed by atoms with Gasteiger partial charge in [-0.05, 0) is 39.2 Å². The Morgan fingerprint density at radius 3 is 2.89 bits per heavy atom. The third-order valence-corrected chi connectivity index (χ3v) is 4.90. The maximum Gasteiger partial charge on any atom is 0.0755 e. The molecule has 1 aromatic heterocycles. The Bertz CT molecular complexity index is 417. The van der Waals surface area contributed by atoms with Gasteiger partial charge in [-0.3, -0.25) is 14.9 Å². The first-order valence-electron chi connectivity index (χ1n) is 6.84. The number of fused-ring (bicyclic) bond motifs is 1. The zero-order valence-electron chi connectivity index (χ0n) is 11.4. The largest absolute Gasteiger partial charge is 0.316 e. The third kappa shape index (κ3) is 1.75. The molecule has 1 aromatic rings. The number of hydrogen-bond acceptors (Lipinski definition) is 4. The molecule has 0 radical (unpaired) electrons. The fraction of sp³-hybridized carbons (Fsp3) is 0.714. The van der Waals surface area contributed by atoms with Gasteiger partial charge in [0, 0.05) is 37.2 Å². The molecule has 3 atom stereocenters. The zero-order valence-corrected chi connectivity index (χ0v) is 11.4. The highest BCUT2D eigenvalue weighted by Gasteiger charge is 2.51. The number of nitrogens with one attached hydrogen (secondary N) is 1. The van der Waals surface area contributed by atoms with Crippen LogP contribution >= 0.6 is 0 Å². The normalized spacial score (nSPS) is 32.4. The lowest BCUT2D eigenvalue weighted by Crippen LogP contribution is -2.45. The van der Waals surface area contributed by atoms with E-state index >= 15 is 0 Å². The second kappa shape index (κ2) is 4.28. The third-order valence-electron chi connectivity index (χ3n) is 4.90. The molecule has 18 heavy (non-hydrogen) atoms. The van der Waals surface area contributed by atoms with Crippen LogP contribution < -0.4 is 5.32 Å². The van der Waals surface area contributed by atoms with E-state index in [2.05, 4.69) is 41.0 Å². The molecule has 0 amide bonds. The lowest BCUT2D eigenvalue weighted by Gasteiger charge is -2.39. The van der Waals surface area contributed by atoms with E-state index in [-0.39, 0.29) is 5.54 Å². The van der Waals surface area contributed by atoms with Gasteiger partial charge in [-0.15, -0.1) is 0 Å². The molecule has 1 N–H and O–H groups in total. The van der Waals surface area contributed by atoms with Crippen LogP contribution in [0.5, 0.6) is 0 Å². The summed E-state index contributed by atoms with van der Waals surface area (Å²) in [6.45, 7) is 10.5. The Morgan fingerprint density at radius 1 is 1.39 bits per heavy atom. The fourth-order valence-corrected chi connectivity index (χ4v) is 3.80. The summed E-state index contributed by atoms with van der Waals surface area (Å²) in [5, 5.41) is 3.52. The molecule has 0 saturated carbocycles. The van der Waals surface area contributed by atoms with Crippen molar-refractivity contribution in [3.63, 3.8) is 0 Å². The minimum absolute atomic E-state index is 0.241. The standard InChI is InChI=1S/C14H22N4/c1-10(13-8-15-4-5-17-13)18-9-11-6-16-7-12(11)14(18,2)3/h4-5,8,10-12,16H,6-7,9H2,1-3H3. The summed E-state index contributed by atoms with van der Waals surface area (Å²) in [6, 6.07) is 0.347. The Kier molecular flexibility index (Phi) is 2.87. The van der Waals surface area contributed by atoms with Crippen molar-refractivity contribution in [2.24, 2.45) is 11.8 Å². The first kappa shape index (κ1) is 12.1. The maximum atomic E-state index is 4.46. The SMILES string of the molecule is CC(c1cnccn1)N1CC2CNCC2C1(C)C. The van der Waals surface area contributed by atoms with Crippen LogP contribution in [0.2, 0.25) is 0 Å². The second-order valence-corrected chi connectivity index (χ2v) is 6.14. The molecule has 2 aliphatic rings. The summed E-state index contributed by atoms with van der Waals surface area (Å²) in [4.78, 5) is 11.3. The van der Waals surface area contributed by atoms with Gasteiger partial charge in [0.05, 0.1) is 11.7 Å². The highest BCUT2D eigenvalue weighted by molar-refractivity contribution is 5.10. The van der Waals surface area contributed by atoms with Crippen molar-refractivity contribution >= 4 is 0 Å². The first-order chi connectivity index (χ1) is 8.60. The number of hydrogen-bond donors (Lipinski definition) is 1.